The summed E-state index contributed by atoms with van der Waals surface area (Å²) in [6.07, 6.45) is 3.72. The Labute approximate surface area is 119 Å². The lowest BCUT2D eigenvalue weighted by Gasteiger charge is -2.39. The number of halogens is 1. The van der Waals surface area contributed by atoms with Crippen LogP contribution in [0.15, 0.2) is 18.2 Å². The van der Waals surface area contributed by atoms with Crippen LogP contribution in [0, 0.1) is 18.7 Å². The van der Waals surface area contributed by atoms with E-state index in [1.807, 2.05) is 0 Å². The SMILES string of the molecule is Cc1cc(F)ccc1C(=O)NC1(CO)CCCC(C)C1. The smallest absolute Gasteiger partial charge is 0.252 e. The number of aliphatic hydroxyl groups excluding tert-OH is 1. The molecule has 0 heterocycles. The zero-order chi connectivity index (χ0) is 14.8. The molecule has 1 aliphatic rings. The average Bonchev–Trinajstić information content (AvgIpc) is 2.38. The van der Waals surface area contributed by atoms with Gasteiger partial charge in [0.05, 0.1) is 12.1 Å². The van der Waals surface area contributed by atoms with Gasteiger partial charge in [-0.1, -0.05) is 19.8 Å². The standard InChI is InChI=1S/C16H22FNO2/c1-11-4-3-7-16(9-11,10-19)18-15(20)14-6-5-13(17)8-12(14)2/h5-6,8,11,19H,3-4,7,9-10H2,1-2H3,(H,18,20). The summed E-state index contributed by atoms with van der Waals surface area (Å²) in [6.45, 7) is 3.80. The molecule has 1 aromatic carbocycles. The predicted molar refractivity (Wildman–Crippen MR) is 76.1 cm³/mol. The van der Waals surface area contributed by atoms with Crippen LogP contribution in [0.3, 0.4) is 0 Å². The molecular formula is C16H22FNO2. The molecule has 2 unspecified atom stereocenters. The minimum Gasteiger partial charge on any atom is -0.394 e. The average molecular weight is 279 g/mol. The second kappa shape index (κ2) is 5.92. The number of nitrogens with one attached hydrogen (secondary N) is 1. The van der Waals surface area contributed by atoms with E-state index >= 15 is 0 Å². The normalized spacial score (nSPS) is 26.3. The van der Waals surface area contributed by atoms with Crippen LogP contribution < -0.4 is 5.32 Å². The molecule has 1 aliphatic carbocycles. The van der Waals surface area contributed by atoms with Gasteiger partial charge in [-0.05, 0) is 49.4 Å². The third-order valence-corrected chi connectivity index (χ3v) is 4.21. The molecule has 1 fully saturated rings. The number of carbonyl (C=O) groups is 1. The minimum atomic E-state index is -0.532. The second-order valence-electron chi connectivity index (χ2n) is 6.05. The number of hydrogen-bond donors (Lipinski definition) is 2. The first kappa shape index (κ1) is 15.0. The highest BCUT2D eigenvalue weighted by molar-refractivity contribution is 5.96. The molecule has 1 amide bonds. The summed E-state index contributed by atoms with van der Waals surface area (Å²) in [4.78, 5) is 12.4. The number of aryl methyl sites for hydroxylation is 1. The van der Waals surface area contributed by atoms with E-state index in [-0.39, 0.29) is 18.3 Å². The van der Waals surface area contributed by atoms with Crippen molar-refractivity contribution in [1.29, 1.82) is 0 Å². The summed E-state index contributed by atoms with van der Waals surface area (Å²) in [5.41, 5.74) is 0.548. The van der Waals surface area contributed by atoms with Gasteiger partial charge in [-0.3, -0.25) is 4.79 Å². The van der Waals surface area contributed by atoms with Gasteiger partial charge in [0, 0.05) is 5.56 Å². The molecule has 110 valence electrons. The van der Waals surface area contributed by atoms with Crippen molar-refractivity contribution in [3.63, 3.8) is 0 Å². The number of rotatable bonds is 3. The zero-order valence-electron chi connectivity index (χ0n) is 12.1. The molecular weight excluding hydrogens is 257 g/mol. The Balaban J connectivity index is 2.16. The number of hydrogen-bond acceptors (Lipinski definition) is 2. The van der Waals surface area contributed by atoms with Crippen LogP contribution in [0.2, 0.25) is 0 Å². The van der Waals surface area contributed by atoms with Gasteiger partial charge in [-0.2, -0.15) is 0 Å². The molecule has 2 N–H and O–H groups in total. The quantitative estimate of drug-likeness (QED) is 0.894. The van der Waals surface area contributed by atoms with Gasteiger partial charge in [-0.15, -0.1) is 0 Å². The van der Waals surface area contributed by atoms with Crippen LogP contribution in [0.4, 0.5) is 4.39 Å². The molecule has 0 spiro atoms. The maximum absolute atomic E-state index is 13.1. The van der Waals surface area contributed by atoms with Crippen molar-refractivity contribution in [2.75, 3.05) is 6.61 Å². The van der Waals surface area contributed by atoms with Crippen LogP contribution in [-0.4, -0.2) is 23.2 Å². The fourth-order valence-corrected chi connectivity index (χ4v) is 3.15. The molecule has 0 bridgehead atoms. The van der Waals surface area contributed by atoms with Crippen LogP contribution >= 0.6 is 0 Å². The van der Waals surface area contributed by atoms with E-state index in [2.05, 4.69) is 12.2 Å². The van der Waals surface area contributed by atoms with Gasteiger partial charge in [0.1, 0.15) is 5.82 Å². The van der Waals surface area contributed by atoms with Gasteiger partial charge < -0.3 is 10.4 Å². The topological polar surface area (TPSA) is 49.3 Å². The summed E-state index contributed by atoms with van der Waals surface area (Å²) in [6, 6.07) is 4.14. The van der Waals surface area contributed by atoms with Gasteiger partial charge in [0.2, 0.25) is 0 Å². The third-order valence-electron chi connectivity index (χ3n) is 4.21. The Morgan fingerprint density at radius 3 is 2.90 bits per heavy atom. The van der Waals surface area contributed by atoms with Gasteiger partial charge in [0.15, 0.2) is 0 Å². The van der Waals surface area contributed by atoms with Crippen molar-refractivity contribution in [2.45, 2.75) is 45.1 Å². The molecule has 4 heteroatoms. The van der Waals surface area contributed by atoms with Crippen LogP contribution in [0.1, 0.15) is 48.5 Å². The van der Waals surface area contributed by atoms with Crippen molar-refractivity contribution >= 4 is 5.91 Å². The number of amides is 1. The summed E-state index contributed by atoms with van der Waals surface area (Å²) in [7, 11) is 0. The van der Waals surface area contributed by atoms with E-state index in [1.54, 1.807) is 6.92 Å². The van der Waals surface area contributed by atoms with E-state index in [9.17, 15) is 14.3 Å². The first-order chi connectivity index (χ1) is 9.46. The molecule has 3 nitrogen and oxygen atoms in total. The Morgan fingerprint density at radius 1 is 1.55 bits per heavy atom. The van der Waals surface area contributed by atoms with E-state index in [0.717, 1.165) is 25.7 Å². The lowest BCUT2D eigenvalue weighted by Crippen LogP contribution is -2.54. The second-order valence-corrected chi connectivity index (χ2v) is 6.05. The maximum atomic E-state index is 13.1. The van der Waals surface area contributed by atoms with Crippen molar-refractivity contribution in [3.8, 4) is 0 Å². The molecule has 0 aliphatic heterocycles. The van der Waals surface area contributed by atoms with Crippen LogP contribution in [-0.2, 0) is 0 Å². The molecule has 20 heavy (non-hydrogen) atoms. The van der Waals surface area contributed by atoms with Crippen LogP contribution in [0.25, 0.3) is 0 Å². The van der Waals surface area contributed by atoms with Crippen molar-refractivity contribution in [3.05, 3.63) is 35.1 Å². The van der Waals surface area contributed by atoms with Crippen molar-refractivity contribution in [1.82, 2.24) is 5.32 Å². The fourth-order valence-electron chi connectivity index (χ4n) is 3.15. The number of benzene rings is 1. The lowest BCUT2D eigenvalue weighted by atomic mass is 9.76. The first-order valence-electron chi connectivity index (χ1n) is 7.15. The highest BCUT2D eigenvalue weighted by atomic mass is 19.1. The summed E-state index contributed by atoms with van der Waals surface area (Å²) in [5.74, 6) is -0.0848. The maximum Gasteiger partial charge on any atom is 0.252 e. The molecule has 0 aromatic heterocycles. The summed E-state index contributed by atoms with van der Waals surface area (Å²) >= 11 is 0. The largest absolute Gasteiger partial charge is 0.394 e. The van der Waals surface area contributed by atoms with E-state index in [0.29, 0.717) is 17.0 Å². The highest BCUT2D eigenvalue weighted by Crippen LogP contribution is 2.32. The number of aliphatic hydroxyl groups is 1. The number of carbonyl (C=O) groups excluding carboxylic acids is 1. The van der Waals surface area contributed by atoms with Gasteiger partial charge in [0.25, 0.3) is 5.91 Å². The molecule has 0 radical (unpaired) electrons. The van der Waals surface area contributed by atoms with Gasteiger partial charge in [-0.25, -0.2) is 4.39 Å². The summed E-state index contributed by atoms with van der Waals surface area (Å²) < 4.78 is 13.1. The molecule has 1 aromatic rings. The van der Waals surface area contributed by atoms with Crippen molar-refractivity contribution < 1.29 is 14.3 Å². The predicted octanol–water partition coefficient (Wildman–Crippen LogP) is 2.81. The Hall–Kier alpha value is -1.42. The highest BCUT2D eigenvalue weighted by Gasteiger charge is 2.36. The van der Waals surface area contributed by atoms with Crippen molar-refractivity contribution in [2.24, 2.45) is 5.92 Å². The van der Waals surface area contributed by atoms with Gasteiger partial charge >= 0.3 is 0 Å². The minimum absolute atomic E-state index is 0.0523. The monoisotopic (exact) mass is 279 g/mol. The Morgan fingerprint density at radius 2 is 2.30 bits per heavy atom. The fraction of sp³-hybridized carbons (Fsp3) is 0.562. The zero-order valence-corrected chi connectivity index (χ0v) is 12.1. The Bertz CT molecular complexity index is 503. The molecule has 2 atom stereocenters. The molecule has 0 saturated heterocycles. The van der Waals surface area contributed by atoms with E-state index in [4.69, 9.17) is 0 Å². The van der Waals surface area contributed by atoms with E-state index in [1.165, 1.54) is 18.2 Å². The first-order valence-corrected chi connectivity index (χ1v) is 7.15. The van der Waals surface area contributed by atoms with E-state index < -0.39 is 5.54 Å². The Kier molecular flexibility index (Phi) is 4.43. The lowest BCUT2D eigenvalue weighted by molar-refractivity contribution is 0.0696. The van der Waals surface area contributed by atoms with Crippen LogP contribution in [0.5, 0.6) is 0 Å². The third kappa shape index (κ3) is 3.18. The molecule has 1 saturated carbocycles. The molecule has 2 rings (SSSR count). The summed E-state index contributed by atoms with van der Waals surface area (Å²) in [5, 5.41) is 12.7.